The van der Waals surface area contributed by atoms with Crippen LogP contribution in [0.2, 0.25) is 0 Å². The summed E-state index contributed by atoms with van der Waals surface area (Å²) in [5, 5.41) is 0.00216. The van der Waals surface area contributed by atoms with Crippen LogP contribution >= 0.6 is 11.6 Å². The average Bonchev–Trinajstić information content (AvgIpc) is 2.48. The molecule has 1 aromatic carbocycles. The smallest absolute Gasteiger partial charge is 0.129 e. The molecule has 0 fully saturated rings. The van der Waals surface area contributed by atoms with Gasteiger partial charge in [-0.25, -0.2) is 8.78 Å². The van der Waals surface area contributed by atoms with E-state index in [0.717, 1.165) is 31.3 Å². The predicted octanol–water partition coefficient (Wildman–Crippen LogP) is 4.62. The van der Waals surface area contributed by atoms with Crippen molar-refractivity contribution in [2.75, 3.05) is 0 Å². The molecule has 0 nitrogen and oxygen atoms in total. The van der Waals surface area contributed by atoms with Crippen LogP contribution in [-0.2, 0) is 6.42 Å². The van der Waals surface area contributed by atoms with Gasteiger partial charge in [0.05, 0.1) is 5.38 Å². The van der Waals surface area contributed by atoms with Crippen LogP contribution in [0.4, 0.5) is 8.78 Å². The van der Waals surface area contributed by atoms with Crippen LogP contribution in [0.25, 0.3) is 0 Å². The summed E-state index contributed by atoms with van der Waals surface area (Å²) in [6.45, 7) is 0. The molecule has 0 saturated carbocycles. The second-order valence-electron chi connectivity index (χ2n) is 4.46. The maximum Gasteiger partial charge on any atom is 0.129 e. The normalized spacial score (nSPS) is 20.9. The molecule has 0 N–H and O–H groups in total. The van der Waals surface area contributed by atoms with E-state index >= 15 is 0 Å². The van der Waals surface area contributed by atoms with Gasteiger partial charge < -0.3 is 0 Å². The van der Waals surface area contributed by atoms with Gasteiger partial charge in [-0.15, -0.1) is 11.6 Å². The lowest BCUT2D eigenvalue weighted by Gasteiger charge is -2.08. The van der Waals surface area contributed by atoms with E-state index in [-0.39, 0.29) is 10.9 Å². The first-order chi connectivity index (χ1) is 8.16. The molecule has 0 amide bonds. The van der Waals surface area contributed by atoms with Crippen LogP contribution in [0.15, 0.2) is 29.8 Å². The van der Waals surface area contributed by atoms with E-state index in [9.17, 15) is 8.78 Å². The molecule has 3 heteroatoms. The van der Waals surface area contributed by atoms with Gasteiger partial charge in [-0.05, 0) is 37.8 Å². The fourth-order valence-corrected chi connectivity index (χ4v) is 2.52. The summed E-state index contributed by atoms with van der Waals surface area (Å²) in [7, 11) is 0. The van der Waals surface area contributed by atoms with Crippen molar-refractivity contribution in [2.24, 2.45) is 0 Å². The summed E-state index contributed by atoms with van der Waals surface area (Å²) >= 11 is 6.10. The average molecular weight is 257 g/mol. The van der Waals surface area contributed by atoms with Crippen molar-refractivity contribution in [1.29, 1.82) is 0 Å². The molecule has 0 saturated heterocycles. The highest BCUT2D eigenvalue weighted by atomic mass is 35.5. The van der Waals surface area contributed by atoms with Crippen molar-refractivity contribution in [1.82, 2.24) is 0 Å². The third-order valence-corrected chi connectivity index (χ3v) is 3.45. The van der Waals surface area contributed by atoms with Gasteiger partial charge in [-0.1, -0.05) is 24.1 Å². The van der Waals surface area contributed by atoms with Crippen molar-refractivity contribution < 1.29 is 8.78 Å². The SMILES string of the molecule is Fc1cccc(F)c1CC1=CC(Cl)CCCC1. The fourth-order valence-electron chi connectivity index (χ4n) is 2.19. The maximum atomic E-state index is 13.5. The molecular weight excluding hydrogens is 242 g/mol. The Morgan fingerprint density at radius 1 is 1.18 bits per heavy atom. The zero-order valence-corrected chi connectivity index (χ0v) is 10.3. The Morgan fingerprint density at radius 3 is 2.59 bits per heavy atom. The molecule has 0 aliphatic heterocycles. The minimum Gasteiger partial charge on any atom is -0.207 e. The monoisotopic (exact) mass is 256 g/mol. The Kier molecular flexibility index (Phi) is 4.16. The summed E-state index contributed by atoms with van der Waals surface area (Å²) in [4.78, 5) is 0. The Bertz CT molecular complexity index is 406. The van der Waals surface area contributed by atoms with Gasteiger partial charge >= 0.3 is 0 Å². The summed E-state index contributed by atoms with van der Waals surface area (Å²) in [6.07, 6.45) is 6.25. The first-order valence-corrected chi connectivity index (χ1v) is 6.37. The van der Waals surface area contributed by atoms with Crippen molar-refractivity contribution in [3.8, 4) is 0 Å². The molecule has 0 spiro atoms. The molecule has 1 aliphatic rings. The van der Waals surface area contributed by atoms with Crippen LogP contribution in [-0.4, -0.2) is 5.38 Å². The van der Waals surface area contributed by atoms with E-state index in [2.05, 4.69) is 0 Å². The Labute approximate surface area is 105 Å². The number of rotatable bonds is 2. The van der Waals surface area contributed by atoms with Crippen LogP contribution < -0.4 is 0 Å². The zero-order chi connectivity index (χ0) is 12.3. The molecular formula is C14H15ClF2. The van der Waals surface area contributed by atoms with Gasteiger partial charge in [0.25, 0.3) is 0 Å². The van der Waals surface area contributed by atoms with E-state index in [1.807, 2.05) is 6.08 Å². The molecule has 1 aliphatic carbocycles. The van der Waals surface area contributed by atoms with Crippen molar-refractivity contribution >= 4 is 11.6 Å². The minimum atomic E-state index is -0.471. The first-order valence-electron chi connectivity index (χ1n) is 5.93. The molecule has 92 valence electrons. The quantitative estimate of drug-likeness (QED) is 0.535. The molecule has 1 unspecified atom stereocenters. The predicted molar refractivity (Wildman–Crippen MR) is 66.3 cm³/mol. The third kappa shape index (κ3) is 3.29. The van der Waals surface area contributed by atoms with Crippen LogP contribution in [0.1, 0.15) is 31.2 Å². The van der Waals surface area contributed by atoms with E-state index in [4.69, 9.17) is 11.6 Å². The van der Waals surface area contributed by atoms with Crippen LogP contribution in [0, 0.1) is 11.6 Å². The number of alkyl halides is 1. The number of allylic oxidation sites excluding steroid dienone is 2. The highest BCUT2D eigenvalue weighted by molar-refractivity contribution is 6.21. The highest BCUT2D eigenvalue weighted by Gasteiger charge is 2.14. The lowest BCUT2D eigenvalue weighted by atomic mass is 10.0. The fraction of sp³-hybridized carbons (Fsp3) is 0.429. The summed E-state index contributed by atoms with van der Waals surface area (Å²) in [6, 6.07) is 3.99. The number of hydrogen-bond donors (Lipinski definition) is 0. The largest absolute Gasteiger partial charge is 0.207 e. The number of halogens is 3. The summed E-state index contributed by atoms with van der Waals surface area (Å²) in [5.74, 6) is -0.942. The standard InChI is InChI=1S/C14H15ClF2/c15-11-5-2-1-4-10(8-11)9-12-13(16)6-3-7-14(12)17/h3,6-8,11H,1-2,4-5,9H2. The van der Waals surface area contributed by atoms with Crippen LogP contribution in [0.5, 0.6) is 0 Å². The molecule has 0 aromatic heterocycles. The molecule has 17 heavy (non-hydrogen) atoms. The lowest BCUT2D eigenvalue weighted by molar-refractivity contribution is 0.558. The zero-order valence-electron chi connectivity index (χ0n) is 9.56. The van der Waals surface area contributed by atoms with E-state index < -0.39 is 11.6 Å². The van der Waals surface area contributed by atoms with Crippen molar-refractivity contribution in [2.45, 2.75) is 37.5 Å². The van der Waals surface area contributed by atoms with Gasteiger partial charge in [0, 0.05) is 5.56 Å². The second-order valence-corrected chi connectivity index (χ2v) is 5.02. The minimum absolute atomic E-state index is 0.00216. The summed E-state index contributed by atoms with van der Waals surface area (Å²) < 4.78 is 27.0. The van der Waals surface area contributed by atoms with Crippen molar-refractivity contribution in [3.63, 3.8) is 0 Å². The van der Waals surface area contributed by atoms with Gasteiger partial charge in [0.15, 0.2) is 0 Å². The summed E-state index contributed by atoms with van der Waals surface area (Å²) in [5.41, 5.74) is 1.20. The first kappa shape index (κ1) is 12.6. The van der Waals surface area contributed by atoms with Gasteiger partial charge in [0.1, 0.15) is 11.6 Å². The van der Waals surface area contributed by atoms with E-state index in [1.54, 1.807) is 0 Å². The van der Waals surface area contributed by atoms with Gasteiger partial charge in [-0.2, -0.15) is 0 Å². The molecule has 2 rings (SSSR count). The Balaban J connectivity index is 2.19. The topological polar surface area (TPSA) is 0 Å². The van der Waals surface area contributed by atoms with Crippen LogP contribution in [0.3, 0.4) is 0 Å². The van der Waals surface area contributed by atoms with Gasteiger partial charge in [0.2, 0.25) is 0 Å². The molecule has 0 radical (unpaired) electrons. The number of benzene rings is 1. The number of hydrogen-bond acceptors (Lipinski definition) is 0. The Morgan fingerprint density at radius 2 is 1.88 bits per heavy atom. The van der Waals surface area contributed by atoms with E-state index in [1.165, 1.54) is 18.2 Å². The molecule has 1 atom stereocenters. The highest BCUT2D eigenvalue weighted by Crippen LogP contribution is 2.25. The molecule has 1 aromatic rings. The van der Waals surface area contributed by atoms with Gasteiger partial charge in [-0.3, -0.25) is 0 Å². The molecule has 0 bridgehead atoms. The third-order valence-electron chi connectivity index (χ3n) is 3.11. The second kappa shape index (κ2) is 5.63. The Hall–Kier alpha value is -0.890. The maximum absolute atomic E-state index is 13.5. The molecule has 0 heterocycles. The van der Waals surface area contributed by atoms with E-state index in [0.29, 0.717) is 6.42 Å². The lowest BCUT2D eigenvalue weighted by Crippen LogP contribution is -1.99. The van der Waals surface area contributed by atoms with Crippen molar-refractivity contribution in [3.05, 3.63) is 47.0 Å².